The monoisotopic (exact) mass is 203 g/mol. The maximum Gasteiger partial charge on any atom is 0.245 e. The van der Waals surface area contributed by atoms with Gasteiger partial charge in [0.2, 0.25) is 5.91 Å². The minimum absolute atomic E-state index is 0.0556. The molecule has 1 rings (SSSR count). The van der Waals surface area contributed by atoms with Crippen LogP contribution in [0.25, 0.3) is 6.08 Å². The summed E-state index contributed by atoms with van der Waals surface area (Å²) >= 11 is 0. The maximum absolute atomic E-state index is 10.3. The van der Waals surface area contributed by atoms with E-state index in [0.29, 0.717) is 0 Å². The first-order valence-electron chi connectivity index (χ1n) is 4.63. The Morgan fingerprint density at radius 2 is 1.73 bits per heavy atom. The lowest BCUT2D eigenvalue weighted by molar-refractivity contribution is -0.123. The third-order valence-corrected chi connectivity index (χ3v) is 1.65. The minimum atomic E-state index is -0.0556. The van der Waals surface area contributed by atoms with Crippen LogP contribution < -0.4 is 0 Å². The number of likely N-dealkylation sites (N-methyl/N-ethyl adjacent to an activating group) is 1. The highest BCUT2D eigenvalue weighted by molar-refractivity contribution is 5.86. The molecule has 0 N–H and O–H groups in total. The number of nitrogens with zero attached hydrogens (tertiary/aromatic N) is 1. The van der Waals surface area contributed by atoms with Crippen molar-refractivity contribution in [3.8, 4) is 0 Å². The molecule has 0 heterocycles. The molecule has 0 fully saturated rings. The van der Waals surface area contributed by atoms with Gasteiger partial charge in [-0.2, -0.15) is 0 Å². The fourth-order valence-electron chi connectivity index (χ4n) is 0.772. The zero-order chi connectivity index (χ0) is 11.7. The maximum atomic E-state index is 10.3. The molecule has 0 aromatic heterocycles. The minimum Gasteiger partial charge on any atom is -0.345 e. The molecule has 0 atom stereocenters. The standard InChI is InChI=1S/C8H8.C5H9NO/c1-2-8-6-4-3-5-7-8;1-4-5(7)6(2)3/h2-7H,1H2;4H,1H2,2-3H3. The Balaban J connectivity index is 0.000000265. The molecule has 0 saturated heterocycles. The second-order valence-electron chi connectivity index (χ2n) is 3.05. The van der Waals surface area contributed by atoms with Crippen LogP contribution in [0.4, 0.5) is 0 Å². The van der Waals surface area contributed by atoms with Gasteiger partial charge < -0.3 is 4.90 Å². The average molecular weight is 203 g/mol. The smallest absolute Gasteiger partial charge is 0.245 e. The van der Waals surface area contributed by atoms with Crippen LogP contribution in [0.2, 0.25) is 0 Å². The topological polar surface area (TPSA) is 20.3 Å². The van der Waals surface area contributed by atoms with E-state index >= 15 is 0 Å². The SMILES string of the molecule is C=CC(=O)N(C)C.C=Cc1ccccc1. The quantitative estimate of drug-likeness (QED) is 0.676. The summed E-state index contributed by atoms with van der Waals surface area (Å²) in [7, 11) is 3.37. The average Bonchev–Trinajstić information content (AvgIpc) is 2.29. The summed E-state index contributed by atoms with van der Waals surface area (Å²) < 4.78 is 0. The molecule has 1 aromatic carbocycles. The van der Waals surface area contributed by atoms with Gasteiger partial charge in [-0.1, -0.05) is 49.6 Å². The first-order chi connectivity index (χ1) is 7.11. The Labute approximate surface area is 91.5 Å². The van der Waals surface area contributed by atoms with Gasteiger partial charge in [-0.15, -0.1) is 0 Å². The van der Waals surface area contributed by atoms with E-state index in [4.69, 9.17) is 0 Å². The Bertz CT molecular complexity index is 315. The lowest BCUT2D eigenvalue weighted by Gasteiger charge is -2.03. The number of carbonyl (C=O) groups excluding carboxylic acids is 1. The van der Waals surface area contributed by atoms with Gasteiger partial charge in [0.25, 0.3) is 0 Å². The molecule has 0 radical (unpaired) electrons. The molecule has 0 spiro atoms. The van der Waals surface area contributed by atoms with Gasteiger partial charge in [0, 0.05) is 14.1 Å². The van der Waals surface area contributed by atoms with Crippen molar-refractivity contribution < 1.29 is 4.79 Å². The summed E-state index contributed by atoms with van der Waals surface area (Å²) in [5.74, 6) is -0.0556. The normalized spacial score (nSPS) is 8.13. The van der Waals surface area contributed by atoms with Crippen molar-refractivity contribution in [2.24, 2.45) is 0 Å². The summed E-state index contributed by atoms with van der Waals surface area (Å²) in [4.78, 5) is 11.8. The van der Waals surface area contributed by atoms with E-state index in [1.165, 1.54) is 16.5 Å². The van der Waals surface area contributed by atoms with Crippen LogP contribution in [-0.4, -0.2) is 24.9 Å². The first-order valence-corrected chi connectivity index (χ1v) is 4.63. The van der Waals surface area contributed by atoms with E-state index in [9.17, 15) is 4.79 Å². The molecule has 0 unspecified atom stereocenters. The van der Waals surface area contributed by atoms with E-state index in [0.717, 1.165) is 0 Å². The molecule has 0 aliphatic rings. The molecule has 2 nitrogen and oxygen atoms in total. The van der Waals surface area contributed by atoms with E-state index in [-0.39, 0.29) is 5.91 Å². The number of hydrogen-bond donors (Lipinski definition) is 0. The van der Waals surface area contributed by atoms with Crippen molar-refractivity contribution >= 4 is 12.0 Å². The van der Waals surface area contributed by atoms with Crippen molar-refractivity contribution in [2.45, 2.75) is 0 Å². The Kier molecular flexibility index (Phi) is 6.64. The summed E-state index contributed by atoms with van der Waals surface area (Å²) in [6, 6.07) is 10.0. The van der Waals surface area contributed by atoms with Gasteiger partial charge in [-0.3, -0.25) is 4.79 Å². The number of hydrogen-bond acceptors (Lipinski definition) is 1. The third kappa shape index (κ3) is 6.27. The van der Waals surface area contributed by atoms with Gasteiger partial charge >= 0.3 is 0 Å². The van der Waals surface area contributed by atoms with Gasteiger partial charge in [0.15, 0.2) is 0 Å². The lowest BCUT2D eigenvalue weighted by atomic mass is 10.2. The van der Waals surface area contributed by atoms with Crippen LogP contribution in [0.15, 0.2) is 49.6 Å². The molecule has 0 aliphatic carbocycles. The van der Waals surface area contributed by atoms with Gasteiger partial charge in [0.1, 0.15) is 0 Å². The van der Waals surface area contributed by atoms with Gasteiger partial charge in [-0.25, -0.2) is 0 Å². The Morgan fingerprint density at radius 3 is 1.93 bits per heavy atom. The molecule has 0 saturated carbocycles. The van der Waals surface area contributed by atoms with Gasteiger partial charge in [0.05, 0.1) is 0 Å². The van der Waals surface area contributed by atoms with Crippen molar-refractivity contribution in [2.75, 3.05) is 14.1 Å². The van der Waals surface area contributed by atoms with Crippen LogP contribution in [-0.2, 0) is 4.79 Å². The lowest BCUT2D eigenvalue weighted by Crippen LogP contribution is -2.18. The van der Waals surface area contributed by atoms with Crippen LogP contribution in [0.3, 0.4) is 0 Å². The third-order valence-electron chi connectivity index (χ3n) is 1.65. The highest BCUT2D eigenvalue weighted by atomic mass is 16.2. The number of carbonyl (C=O) groups is 1. The summed E-state index contributed by atoms with van der Waals surface area (Å²) in [5.41, 5.74) is 1.17. The van der Waals surface area contributed by atoms with Crippen LogP contribution in [0, 0.1) is 0 Å². The summed E-state index contributed by atoms with van der Waals surface area (Å²) in [6.45, 7) is 6.92. The number of benzene rings is 1. The second kappa shape index (κ2) is 7.56. The Morgan fingerprint density at radius 1 is 1.20 bits per heavy atom. The van der Waals surface area contributed by atoms with E-state index in [1.807, 2.05) is 36.4 Å². The molecule has 0 bridgehead atoms. The predicted octanol–water partition coefficient (Wildman–Crippen LogP) is 2.59. The highest BCUT2D eigenvalue weighted by Crippen LogP contribution is 1.97. The second-order valence-corrected chi connectivity index (χ2v) is 3.05. The summed E-state index contributed by atoms with van der Waals surface area (Å²) in [6.07, 6.45) is 3.11. The van der Waals surface area contributed by atoms with Crippen molar-refractivity contribution in [3.05, 3.63) is 55.1 Å². The zero-order valence-corrected chi connectivity index (χ0v) is 9.31. The van der Waals surface area contributed by atoms with E-state index in [2.05, 4.69) is 13.2 Å². The van der Waals surface area contributed by atoms with Crippen molar-refractivity contribution in [3.63, 3.8) is 0 Å². The van der Waals surface area contributed by atoms with E-state index in [1.54, 1.807) is 14.1 Å². The summed E-state index contributed by atoms with van der Waals surface area (Å²) in [5, 5.41) is 0. The van der Waals surface area contributed by atoms with Gasteiger partial charge in [-0.05, 0) is 11.6 Å². The zero-order valence-electron chi connectivity index (χ0n) is 9.31. The highest BCUT2D eigenvalue weighted by Gasteiger charge is 1.91. The van der Waals surface area contributed by atoms with Crippen LogP contribution >= 0.6 is 0 Å². The molecular weight excluding hydrogens is 186 g/mol. The molecule has 80 valence electrons. The fourth-order valence-corrected chi connectivity index (χ4v) is 0.772. The van der Waals surface area contributed by atoms with Crippen molar-refractivity contribution in [1.29, 1.82) is 0 Å². The van der Waals surface area contributed by atoms with Crippen molar-refractivity contribution in [1.82, 2.24) is 4.90 Å². The largest absolute Gasteiger partial charge is 0.345 e. The molecular formula is C13H17NO. The molecule has 2 heteroatoms. The molecule has 15 heavy (non-hydrogen) atoms. The molecule has 0 aliphatic heterocycles. The Hall–Kier alpha value is -1.83. The fraction of sp³-hybridized carbons (Fsp3) is 0.154. The predicted molar refractivity (Wildman–Crippen MR) is 65.4 cm³/mol. The first kappa shape index (κ1) is 13.2. The van der Waals surface area contributed by atoms with E-state index < -0.39 is 0 Å². The number of rotatable bonds is 2. The molecule has 1 aromatic rings. The molecule has 1 amide bonds. The number of amides is 1. The van der Waals surface area contributed by atoms with Crippen LogP contribution in [0.5, 0.6) is 0 Å². The van der Waals surface area contributed by atoms with Crippen LogP contribution in [0.1, 0.15) is 5.56 Å².